The molecule has 1 aliphatic carbocycles. The molecule has 0 aromatic heterocycles. The molecule has 1 saturated carbocycles. The second-order valence-corrected chi connectivity index (χ2v) is 7.19. The van der Waals surface area contributed by atoms with Crippen molar-refractivity contribution in [1.29, 1.82) is 5.26 Å². The molecule has 2 fully saturated rings. The average molecular weight is 368 g/mol. The molecule has 2 aliphatic rings. The molecule has 6 heteroatoms. The third kappa shape index (κ3) is 3.03. The number of nitrogens with zero attached hydrogens (tertiary/aromatic N) is 2. The number of benzene rings is 2. The molecule has 0 spiro atoms. The first-order valence-corrected chi connectivity index (χ1v) is 8.77. The third-order valence-corrected chi connectivity index (χ3v) is 5.44. The number of hydrogen-bond acceptors (Lipinski definition) is 3. The van der Waals surface area contributed by atoms with Crippen LogP contribution in [-0.2, 0) is 10.5 Å². The van der Waals surface area contributed by atoms with Gasteiger partial charge >= 0.3 is 0 Å². The predicted octanol–water partition coefficient (Wildman–Crippen LogP) is 3.52. The largest absolute Gasteiger partial charge is 0.494 e. The highest BCUT2D eigenvalue weighted by atomic mass is 19.1. The minimum atomic E-state index is -1.67. The number of alkyl halides is 1. The van der Waals surface area contributed by atoms with Crippen LogP contribution in [0.3, 0.4) is 0 Å². The van der Waals surface area contributed by atoms with E-state index < -0.39 is 11.5 Å². The summed E-state index contributed by atoms with van der Waals surface area (Å²) in [5.41, 5.74) is 0.268. The van der Waals surface area contributed by atoms with Gasteiger partial charge in [0.2, 0.25) is 5.91 Å². The normalized spacial score (nSPS) is 22.5. The minimum Gasteiger partial charge on any atom is -0.494 e. The van der Waals surface area contributed by atoms with Gasteiger partial charge in [-0.1, -0.05) is 18.2 Å². The average Bonchev–Trinajstić information content (AvgIpc) is 3.46. The third-order valence-electron chi connectivity index (χ3n) is 5.44. The van der Waals surface area contributed by atoms with Crippen LogP contribution in [0.2, 0.25) is 0 Å². The Labute approximate surface area is 156 Å². The molecule has 1 amide bonds. The number of likely N-dealkylation sites (tertiary alicyclic amines) is 1. The van der Waals surface area contributed by atoms with Crippen molar-refractivity contribution in [2.75, 3.05) is 20.2 Å². The Bertz CT molecular complexity index is 930. The van der Waals surface area contributed by atoms with Crippen LogP contribution in [-0.4, -0.2) is 31.0 Å². The molecule has 2 aromatic rings. The summed E-state index contributed by atoms with van der Waals surface area (Å²) in [6.07, 6.45) is 0.741. The van der Waals surface area contributed by atoms with Crippen molar-refractivity contribution in [3.05, 3.63) is 65.0 Å². The SMILES string of the molecule is COc1cc(C2(F)CN(C(=O)C3CC3c3ccc(C#N)cc3)C2)ccc1F. The van der Waals surface area contributed by atoms with Crippen LogP contribution in [0.15, 0.2) is 42.5 Å². The second kappa shape index (κ2) is 6.34. The van der Waals surface area contributed by atoms with E-state index in [1.807, 2.05) is 12.1 Å². The molecule has 1 aliphatic heterocycles. The van der Waals surface area contributed by atoms with Crippen molar-refractivity contribution in [2.24, 2.45) is 5.92 Å². The summed E-state index contributed by atoms with van der Waals surface area (Å²) in [5.74, 6) is -0.597. The Hall–Kier alpha value is -2.94. The number of methoxy groups -OCH3 is 1. The van der Waals surface area contributed by atoms with E-state index >= 15 is 4.39 Å². The van der Waals surface area contributed by atoms with Crippen LogP contribution >= 0.6 is 0 Å². The molecular formula is C21H18F2N2O2. The number of hydrogen-bond donors (Lipinski definition) is 0. The zero-order valence-corrected chi connectivity index (χ0v) is 14.8. The van der Waals surface area contributed by atoms with Crippen LogP contribution < -0.4 is 4.74 Å². The monoisotopic (exact) mass is 368 g/mol. The maximum absolute atomic E-state index is 15.1. The first-order chi connectivity index (χ1) is 12.9. The highest BCUT2D eigenvalue weighted by Gasteiger charge is 2.53. The van der Waals surface area contributed by atoms with Crippen molar-refractivity contribution in [3.63, 3.8) is 0 Å². The van der Waals surface area contributed by atoms with Gasteiger partial charge in [-0.15, -0.1) is 0 Å². The Morgan fingerprint density at radius 1 is 1.26 bits per heavy atom. The topological polar surface area (TPSA) is 53.3 Å². The number of rotatable bonds is 4. The maximum Gasteiger partial charge on any atom is 0.226 e. The van der Waals surface area contributed by atoms with Gasteiger partial charge in [0.15, 0.2) is 17.2 Å². The molecular weight excluding hydrogens is 350 g/mol. The van der Waals surface area contributed by atoms with E-state index in [-0.39, 0.29) is 36.6 Å². The summed E-state index contributed by atoms with van der Waals surface area (Å²) in [7, 11) is 1.33. The zero-order valence-electron chi connectivity index (χ0n) is 14.8. The fourth-order valence-corrected chi connectivity index (χ4v) is 3.71. The van der Waals surface area contributed by atoms with Gasteiger partial charge in [0.25, 0.3) is 0 Å². The number of halogens is 2. The zero-order chi connectivity index (χ0) is 19.2. The molecule has 0 radical (unpaired) electrons. The number of carbonyl (C=O) groups is 1. The highest BCUT2D eigenvalue weighted by molar-refractivity contribution is 5.84. The van der Waals surface area contributed by atoms with E-state index in [0.717, 1.165) is 12.0 Å². The summed E-state index contributed by atoms with van der Waals surface area (Å²) in [6.45, 7) is -0.0611. The summed E-state index contributed by atoms with van der Waals surface area (Å²) < 4.78 is 33.5. The van der Waals surface area contributed by atoms with E-state index in [2.05, 4.69) is 6.07 Å². The molecule has 0 bridgehead atoms. The Morgan fingerprint density at radius 2 is 1.96 bits per heavy atom. The van der Waals surface area contributed by atoms with E-state index in [1.54, 1.807) is 12.1 Å². The maximum atomic E-state index is 15.1. The van der Waals surface area contributed by atoms with Crippen molar-refractivity contribution in [3.8, 4) is 11.8 Å². The number of nitriles is 1. The number of amides is 1. The molecule has 0 N–H and O–H groups in total. The summed E-state index contributed by atoms with van der Waals surface area (Å²) in [4.78, 5) is 14.1. The summed E-state index contributed by atoms with van der Waals surface area (Å²) in [6, 6.07) is 13.2. The predicted molar refractivity (Wildman–Crippen MR) is 94.3 cm³/mol. The lowest BCUT2D eigenvalue weighted by atomic mass is 9.87. The molecule has 4 rings (SSSR count). The van der Waals surface area contributed by atoms with Crippen LogP contribution in [0.25, 0.3) is 0 Å². The van der Waals surface area contributed by atoms with E-state index in [0.29, 0.717) is 11.1 Å². The van der Waals surface area contributed by atoms with Crippen LogP contribution in [0.1, 0.15) is 29.0 Å². The van der Waals surface area contributed by atoms with E-state index in [9.17, 15) is 9.18 Å². The lowest BCUT2D eigenvalue weighted by molar-refractivity contribution is -0.147. The first-order valence-electron chi connectivity index (χ1n) is 8.77. The Morgan fingerprint density at radius 3 is 2.59 bits per heavy atom. The van der Waals surface area contributed by atoms with Crippen molar-refractivity contribution >= 4 is 5.91 Å². The summed E-state index contributed by atoms with van der Waals surface area (Å²) >= 11 is 0. The standard InChI is InChI=1S/C21H18F2N2O2/c1-27-19-8-15(6-7-18(19)22)21(23)11-25(12-21)20(26)17-9-16(17)14-4-2-13(10-24)3-5-14/h2-8,16-17H,9,11-12H2,1H3. The molecule has 2 aromatic carbocycles. The van der Waals surface area contributed by atoms with Crippen molar-refractivity contribution in [2.45, 2.75) is 18.0 Å². The number of carbonyl (C=O) groups excluding carboxylic acids is 1. The molecule has 2 atom stereocenters. The molecule has 27 heavy (non-hydrogen) atoms. The Balaban J connectivity index is 1.39. The van der Waals surface area contributed by atoms with Gasteiger partial charge in [0, 0.05) is 5.92 Å². The van der Waals surface area contributed by atoms with Crippen LogP contribution in [0.4, 0.5) is 8.78 Å². The molecule has 1 heterocycles. The van der Waals surface area contributed by atoms with Gasteiger partial charge in [0.05, 0.1) is 31.8 Å². The molecule has 4 nitrogen and oxygen atoms in total. The fourth-order valence-electron chi connectivity index (χ4n) is 3.71. The molecule has 2 unspecified atom stereocenters. The van der Waals surface area contributed by atoms with Crippen molar-refractivity contribution < 1.29 is 18.3 Å². The van der Waals surface area contributed by atoms with Gasteiger partial charge < -0.3 is 9.64 Å². The summed E-state index contributed by atoms with van der Waals surface area (Å²) in [5, 5.41) is 8.85. The lowest BCUT2D eigenvalue weighted by Gasteiger charge is -2.45. The lowest BCUT2D eigenvalue weighted by Crippen LogP contribution is -2.59. The highest BCUT2D eigenvalue weighted by Crippen LogP contribution is 2.50. The minimum absolute atomic E-state index is 0.00243. The molecule has 1 saturated heterocycles. The first kappa shape index (κ1) is 17.5. The second-order valence-electron chi connectivity index (χ2n) is 7.19. The van der Waals surface area contributed by atoms with E-state index in [4.69, 9.17) is 10.00 Å². The van der Waals surface area contributed by atoms with Crippen LogP contribution in [0.5, 0.6) is 5.75 Å². The molecule has 138 valence electrons. The Kier molecular flexibility index (Phi) is 4.11. The fraction of sp³-hybridized carbons (Fsp3) is 0.333. The van der Waals surface area contributed by atoms with Gasteiger partial charge in [-0.2, -0.15) is 5.26 Å². The van der Waals surface area contributed by atoms with Gasteiger partial charge in [-0.25, -0.2) is 8.78 Å². The van der Waals surface area contributed by atoms with Crippen molar-refractivity contribution in [1.82, 2.24) is 4.90 Å². The van der Waals surface area contributed by atoms with Gasteiger partial charge in [0.1, 0.15) is 0 Å². The van der Waals surface area contributed by atoms with Crippen LogP contribution in [0, 0.1) is 23.1 Å². The quantitative estimate of drug-likeness (QED) is 0.830. The van der Waals surface area contributed by atoms with E-state index in [1.165, 1.54) is 30.2 Å². The van der Waals surface area contributed by atoms with Gasteiger partial charge in [-0.3, -0.25) is 4.79 Å². The smallest absolute Gasteiger partial charge is 0.226 e. The van der Waals surface area contributed by atoms with Gasteiger partial charge in [-0.05, 0) is 47.7 Å². The number of ether oxygens (including phenoxy) is 1.